The molecular formula is C36H46O13. The predicted octanol–water partition coefficient (Wildman–Crippen LogP) is 3.58. The van der Waals surface area contributed by atoms with E-state index >= 15 is 0 Å². The second-order valence-electron chi connectivity index (χ2n) is 14.4. The van der Waals surface area contributed by atoms with Gasteiger partial charge in [0, 0.05) is 36.2 Å². The van der Waals surface area contributed by atoms with Crippen LogP contribution in [0.3, 0.4) is 0 Å². The quantitative estimate of drug-likeness (QED) is 0.111. The van der Waals surface area contributed by atoms with Gasteiger partial charge in [-0.1, -0.05) is 46.8 Å². The molecular weight excluding hydrogens is 640 g/mol. The van der Waals surface area contributed by atoms with Gasteiger partial charge in [-0.2, -0.15) is 0 Å². The van der Waals surface area contributed by atoms with Crippen molar-refractivity contribution in [2.45, 2.75) is 102 Å². The van der Waals surface area contributed by atoms with Crippen molar-refractivity contribution in [3.8, 4) is 0 Å². The highest BCUT2D eigenvalue weighted by molar-refractivity contribution is 5.83. The zero-order valence-electron chi connectivity index (χ0n) is 29.0. The number of ether oxygens (including phenoxy) is 6. The number of hydrogen-bond acceptors (Lipinski definition) is 13. The molecule has 0 radical (unpaired) electrons. The van der Waals surface area contributed by atoms with Crippen molar-refractivity contribution in [1.29, 1.82) is 0 Å². The lowest BCUT2D eigenvalue weighted by molar-refractivity contribution is -0.213. The van der Waals surface area contributed by atoms with E-state index in [1.165, 1.54) is 20.1 Å². The predicted molar refractivity (Wildman–Crippen MR) is 169 cm³/mol. The van der Waals surface area contributed by atoms with E-state index in [4.69, 9.17) is 32.8 Å². The van der Waals surface area contributed by atoms with E-state index in [2.05, 4.69) is 6.58 Å². The molecule has 1 aromatic heterocycles. The van der Waals surface area contributed by atoms with Crippen molar-refractivity contribution in [2.75, 3.05) is 13.7 Å². The SMILES string of the molecule is C=C1[C@@H]([C@]2(C)C=CC(=O)O[C@](C)(COC(C)=O)[C@@H]2CC(=O)OC)[C@@H](OC=O)[C@H](OC(=O)[C@H](O)[C@H](C)CC)[C@@]2(C)[C@H](c3ccoc3)C[C@H]3O[C@]132. The van der Waals surface area contributed by atoms with Crippen molar-refractivity contribution in [1.82, 2.24) is 0 Å². The molecule has 2 aliphatic carbocycles. The van der Waals surface area contributed by atoms with Crippen LogP contribution in [-0.2, 0) is 52.4 Å². The lowest BCUT2D eigenvalue weighted by Crippen LogP contribution is -2.66. The second kappa shape index (κ2) is 13.1. The van der Waals surface area contributed by atoms with E-state index in [-0.39, 0.29) is 24.9 Å². The molecule has 1 aromatic rings. The molecule has 3 heterocycles. The number of methoxy groups -OCH3 is 1. The smallest absolute Gasteiger partial charge is 0.335 e. The molecule has 3 fully saturated rings. The summed E-state index contributed by atoms with van der Waals surface area (Å²) in [5.74, 6) is -5.65. The Kier molecular flexibility index (Phi) is 9.67. The number of aliphatic hydroxyl groups excluding tert-OH is 1. The van der Waals surface area contributed by atoms with Crippen molar-refractivity contribution in [3.05, 3.63) is 48.5 Å². The lowest BCUT2D eigenvalue weighted by atomic mass is 9.48. The van der Waals surface area contributed by atoms with Crippen LogP contribution in [0.5, 0.6) is 0 Å². The number of epoxide rings is 1. The summed E-state index contributed by atoms with van der Waals surface area (Å²) in [5, 5.41) is 11.0. The van der Waals surface area contributed by atoms with Gasteiger partial charge >= 0.3 is 23.9 Å². The third kappa shape index (κ3) is 5.68. The Morgan fingerprint density at radius 2 is 1.94 bits per heavy atom. The zero-order valence-corrected chi connectivity index (χ0v) is 29.0. The summed E-state index contributed by atoms with van der Waals surface area (Å²) in [7, 11) is 1.22. The molecule has 13 nitrogen and oxygen atoms in total. The molecule has 1 spiro atoms. The van der Waals surface area contributed by atoms with Crippen LogP contribution >= 0.6 is 0 Å². The molecule has 0 aromatic carbocycles. The number of aliphatic hydroxyl groups is 1. The highest BCUT2D eigenvalue weighted by Crippen LogP contribution is 2.76. The highest BCUT2D eigenvalue weighted by atomic mass is 16.6. The molecule has 13 heteroatoms. The minimum atomic E-state index is -1.60. The van der Waals surface area contributed by atoms with Gasteiger partial charge in [0.25, 0.3) is 6.47 Å². The fraction of sp³-hybridized carbons (Fsp3) is 0.639. The Balaban J connectivity index is 1.73. The topological polar surface area (TPSA) is 177 Å². The van der Waals surface area contributed by atoms with Gasteiger partial charge in [-0.25, -0.2) is 9.59 Å². The van der Waals surface area contributed by atoms with Gasteiger partial charge in [-0.15, -0.1) is 0 Å². The van der Waals surface area contributed by atoms with Gasteiger partial charge in [0.15, 0.2) is 6.10 Å². The van der Waals surface area contributed by atoms with E-state index in [0.717, 1.165) is 5.56 Å². The summed E-state index contributed by atoms with van der Waals surface area (Å²) in [6.45, 7) is 14.4. The summed E-state index contributed by atoms with van der Waals surface area (Å²) in [6.07, 6.45) is 2.24. The van der Waals surface area contributed by atoms with Gasteiger partial charge < -0.3 is 37.9 Å². The van der Waals surface area contributed by atoms with E-state index in [9.17, 15) is 29.1 Å². The third-order valence-electron chi connectivity index (χ3n) is 11.8. The first-order valence-corrected chi connectivity index (χ1v) is 16.5. The average molecular weight is 687 g/mol. The molecule has 1 N–H and O–H groups in total. The highest BCUT2D eigenvalue weighted by Gasteiger charge is 2.84. The summed E-state index contributed by atoms with van der Waals surface area (Å²) in [5.41, 5.74) is -3.85. The maximum atomic E-state index is 13.8. The Morgan fingerprint density at radius 3 is 2.53 bits per heavy atom. The zero-order chi connectivity index (χ0) is 36.1. The van der Waals surface area contributed by atoms with Crippen LogP contribution in [0.2, 0.25) is 0 Å². The number of carbonyl (C=O) groups excluding carboxylic acids is 5. The number of esters is 4. The Bertz CT molecular complexity index is 1520. The third-order valence-corrected chi connectivity index (χ3v) is 11.8. The van der Waals surface area contributed by atoms with Gasteiger partial charge in [-0.3, -0.25) is 14.4 Å². The van der Waals surface area contributed by atoms with Crippen LogP contribution in [0.25, 0.3) is 0 Å². The number of hydrogen-bond donors (Lipinski definition) is 1. The monoisotopic (exact) mass is 686 g/mol. The molecule has 1 saturated heterocycles. The maximum absolute atomic E-state index is 13.8. The minimum absolute atomic E-state index is 0.254. The summed E-state index contributed by atoms with van der Waals surface area (Å²) in [6, 6.07) is 1.82. The van der Waals surface area contributed by atoms with E-state index in [1.54, 1.807) is 39.4 Å². The fourth-order valence-corrected chi connectivity index (χ4v) is 9.06. The molecule has 2 aliphatic heterocycles. The molecule has 0 unspecified atom stereocenters. The van der Waals surface area contributed by atoms with Crippen LogP contribution in [-0.4, -0.2) is 84.8 Å². The van der Waals surface area contributed by atoms with Crippen LogP contribution < -0.4 is 0 Å². The Labute approximate surface area is 285 Å². The van der Waals surface area contributed by atoms with E-state index < -0.39 is 88.6 Å². The number of allylic oxidation sites excluding steroid dienone is 1. The summed E-state index contributed by atoms with van der Waals surface area (Å²) < 4.78 is 40.6. The number of carbonyl (C=O) groups is 5. The van der Waals surface area contributed by atoms with Crippen molar-refractivity contribution < 1.29 is 61.9 Å². The van der Waals surface area contributed by atoms with Gasteiger partial charge in [-0.05, 0) is 36.5 Å². The maximum Gasteiger partial charge on any atom is 0.335 e. The standard InChI is InChI=1S/C36H46O13/c1-9-19(2)29(41)32(42)47-31-30(46-18-37)28(20(3)36-25(48-36)14-23(35(31,36)7)22-11-13-44-16-22)33(5)12-10-26(39)49-34(6,17-45-21(4)38)24(33)15-27(40)43-8/h10-13,16,18-19,23-25,28-31,41H,3,9,14-15,17H2,1-2,4-8H3/t19-,23+,24-,25-,28-,29-,30-,31+,33-,34-,35-,36-/m1/s1. The minimum Gasteiger partial charge on any atom is -0.472 e. The van der Waals surface area contributed by atoms with Gasteiger partial charge in [0.05, 0.1) is 37.6 Å². The summed E-state index contributed by atoms with van der Waals surface area (Å²) in [4.78, 5) is 64.4. The van der Waals surface area contributed by atoms with E-state index in [0.29, 0.717) is 18.4 Å². The lowest BCUT2D eigenvalue weighted by Gasteiger charge is -2.58. The fourth-order valence-electron chi connectivity index (χ4n) is 9.06. The Morgan fingerprint density at radius 1 is 1.22 bits per heavy atom. The van der Waals surface area contributed by atoms with Crippen LogP contribution in [0.1, 0.15) is 72.3 Å². The normalized spacial score (nSPS) is 38.9. The first kappa shape index (κ1) is 36.3. The molecule has 0 bridgehead atoms. The number of rotatable bonds is 12. The molecule has 49 heavy (non-hydrogen) atoms. The number of cyclic esters (lactones) is 1. The van der Waals surface area contributed by atoms with Crippen molar-refractivity contribution in [3.63, 3.8) is 0 Å². The van der Waals surface area contributed by atoms with Gasteiger partial charge in [0.1, 0.15) is 30.0 Å². The molecule has 5 rings (SSSR count). The Hall–Kier alpha value is -3.97. The van der Waals surface area contributed by atoms with Gasteiger partial charge in [0.2, 0.25) is 0 Å². The first-order valence-electron chi connectivity index (χ1n) is 16.5. The summed E-state index contributed by atoms with van der Waals surface area (Å²) >= 11 is 0. The van der Waals surface area contributed by atoms with Crippen LogP contribution in [0.4, 0.5) is 0 Å². The first-order chi connectivity index (χ1) is 23.0. The molecule has 4 aliphatic rings. The van der Waals surface area contributed by atoms with Crippen LogP contribution in [0, 0.1) is 28.6 Å². The largest absolute Gasteiger partial charge is 0.472 e. The van der Waals surface area contributed by atoms with Crippen molar-refractivity contribution in [2.24, 2.45) is 28.6 Å². The second-order valence-corrected chi connectivity index (χ2v) is 14.4. The number of furan rings is 1. The molecule has 0 amide bonds. The van der Waals surface area contributed by atoms with Crippen LogP contribution in [0.15, 0.2) is 47.3 Å². The average Bonchev–Trinajstić information content (AvgIpc) is 3.44. The molecule has 268 valence electrons. The van der Waals surface area contributed by atoms with E-state index in [1.807, 2.05) is 19.9 Å². The molecule has 2 saturated carbocycles. The molecule has 12 atom stereocenters. The van der Waals surface area contributed by atoms with Crippen molar-refractivity contribution >= 4 is 30.3 Å².